The molecule has 1 aliphatic rings. The number of rotatable bonds is 4. The van der Waals surface area contributed by atoms with Crippen molar-refractivity contribution >= 4 is 23.4 Å². The number of ether oxygens (including phenoxy) is 1. The lowest BCUT2D eigenvalue weighted by atomic mass is 10.0. The van der Waals surface area contributed by atoms with Crippen LogP contribution in [-0.4, -0.2) is 46.7 Å². The minimum absolute atomic E-state index is 0.111. The first-order valence-corrected chi connectivity index (χ1v) is 6.15. The van der Waals surface area contributed by atoms with E-state index in [1.54, 1.807) is 4.90 Å². The van der Waals surface area contributed by atoms with Gasteiger partial charge >= 0.3 is 12.1 Å². The molecule has 0 unspecified atom stereocenters. The van der Waals surface area contributed by atoms with Crippen LogP contribution in [0.3, 0.4) is 0 Å². The Morgan fingerprint density at radius 3 is 2.94 bits per heavy atom. The fourth-order valence-corrected chi connectivity index (χ4v) is 2.42. The highest BCUT2D eigenvalue weighted by molar-refractivity contribution is 7.13. The Bertz CT molecular complexity index is 479. The second-order valence-corrected chi connectivity index (χ2v) is 4.90. The van der Waals surface area contributed by atoms with Crippen LogP contribution in [0.2, 0.25) is 0 Å². The van der Waals surface area contributed by atoms with E-state index in [2.05, 4.69) is 11.6 Å². The van der Waals surface area contributed by atoms with Crippen LogP contribution in [-0.2, 0) is 4.74 Å². The molecule has 1 saturated heterocycles. The highest BCUT2D eigenvalue weighted by atomic mass is 32.1. The van der Waals surface area contributed by atoms with Gasteiger partial charge in [-0.15, -0.1) is 11.3 Å². The lowest BCUT2D eigenvalue weighted by Crippen LogP contribution is -2.48. The molecule has 18 heavy (non-hydrogen) atoms. The number of thiazole rings is 1. The first kappa shape index (κ1) is 12.6. The number of amides is 1. The standard InChI is InChI=1S/C11H12N2O4S/c1-2-3-17-11(16)13-5-7(6-13)9-12-4-8(18-9)10(14)15/h2,4,7H,1,3,5-6H2,(H,14,15). The van der Waals surface area contributed by atoms with Crippen molar-refractivity contribution in [3.8, 4) is 0 Å². The van der Waals surface area contributed by atoms with Crippen molar-refractivity contribution in [2.75, 3.05) is 19.7 Å². The van der Waals surface area contributed by atoms with Crippen molar-refractivity contribution in [2.24, 2.45) is 0 Å². The number of likely N-dealkylation sites (tertiary alicyclic amines) is 1. The quantitative estimate of drug-likeness (QED) is 0.838. The number of carbonyl (C=O) groups excluding carboxylic acids is 1. The second-order valence-electron chi connectivity index (χ2n) is 3.84. The fourth-order valence-electron chi connectivity index (χ4n) is 1.58. The van der Waals surface area contributed by atoms with Gasteiger partial charge in [-0.05, 0) is 0 Å². The number of aromatic carboxylic acids is 1. The Labute approximate surface area is 108 Å². The molecule has 1 aromatic rings. The van der Waals surface area contributed by atoms with Gasteiger partial charge in [-0.1, -0.05) is 12.7 Å². The molecule has 1 N–H and O–H groups in total. The molecule has 0 aliphatic carbocycles. The van der Waals surface area contributed by atoms with Gasteiger partial charge < -0.3 is 14.7 Å². The molecule has 2 rings (SSSR count). The van der Waals surface area contributed by atoms with Crippen molar-refractivity contribution in [1.29, 1.82) is 0 Å². The van der Waals surface area contributed by atoms with Crippen molar-refractivity contribution in [3.63, 3.8) is 0 Å². The maximum absolute atomic E-state index is 11.4. The molecule has 0 bridgehead atoms. The number of aromatic nitrogens is 1. The van der Waals surface area contributed by atoms with Crippen LogP contribution in [0.15, 0.2) is 18.9 Å². The normalized spacial score (nSPS) is 15.0. The highest BCUT2D eigenvalue weighted by Gasteiger charge is 2.34. The Kier molecular flexibility index (Phi) is 3.61. The van der Waals surface area contributed by atoms with E-state index < -0.39 is 5.97 Å². The van der Waals surface area contributed by atoms with E-state index in [0.717, 1.165) is 16.3 Å². The van der Waals surface area contributed by atoms with Crippen LogP contribution in [0.25, 0.3) is 0 Å². The van der Waals surface area contributed by atoms with Crippen molar-refractivity contribution in [1.82, 2.24) is 9.88 Å². The Balaban J connectivity index is 1.86. The third kappa shape index (κ3) is 2.51. The van der Waals surface area contributed by atoms with Gasteiger partial charge in [0.1, 0.15) is 11.5 Å². The van der Waals surface area contributed by atoms with Crippen LogP contribution in [0, 0.1) is 0 Å². The zero-order valence-corrected chi connectivity index (χ0v) is 10.4. The summed E-state index contributed by atoms with van der Waals surface area (Å²) in [6.45, 7) is 4.69. The summed E-state index contributed by atoms with van der Waals surface area (Å²) in [6.07, 6.45) is 2.48. The summed E-state index contributed by atoms with van der Waals surface area (Å²) in [7, 11) is 0. The molecule has 0 radical (unpaired) electrons. The molecule has 1 aromatic heterocycles. The summed E-state index contributed by atoms with van der Waals surface area (Å²) in [5.74, 6) is -0.861. The first-order valence-electron chi connectivity index (χ1n) is 5.33. The molecule has 7 heteroatoms. The third-order valence-corrected chi connectivity index (χ3v) is 3.70. The van der Waals surface area contributed by atoms with E-state index in [-0.39, 0.29) is 23.5 Å². The minimum atomic E-state index is -0.972. The number of carboxylic acids is 1. The molecular formula is C11H12N2O4S. The molecular weight excluding hydrogens is 256 g/mol. The average Bonchev–Trinajstić information content (AvgIpc) is 2.73. The maximum atomic E-state index is 11.4. The number of carboxylic acid groups (broad SMARTS) is 1. The van der Waals surface area contributed by atoms with Gasteiger partial charge in [0.2, 0.25) is 0 Å². The van der Waals surface area contributed by atoms with Gasteiger partial charge in [-0.3, -0.25) is 0 Å². The Morgan fingerprint density at radius 2 is 2.39 bits per heavy atom. The minimum Gasteiger partial charge on any atom is -0.477 e. The molecule has 6 nitrogen and oxygen atoms in total. The summed E-state index contributed by atoms with van der Waals surface area (Å²) in [4.78, 5) is 28.0. The van der Waals surface area contributed by atoms with Crippen LogP contribution in [0.4, 0.5) is 4.79 Å². The summed E-state index contributed by atoms with van der Waals surface area (Å²) in [6, 6.07) is 0. The van der Waals surface area contributed by atoms with Crippen LogP contribution in [0.1, 0.15) is 20.6 Å². The molecule has 96 valence electrons. The number of carbonyl (C=O) groups is 2. The maximum Gasteiger partial charge on any atom is 0.410 e. The van der Waals surface area contributed by atoms with Gasteiger partial charge in [-0.2, -0.15) is 0 Å². The summed E-state index contributed by atoms with van der Waals surface area (Å²) in [5.41, 5.74) is 0. The molecule has 0 aromatic carbocycles. The lowest BCUT2D eigenvalue weighted by Gasteiger charge is -2.36. The average molecular weight is 268 g/mol. The topological polar surface area (TPSA) is 79.7 Å². The smallest absolute Gasteiger partial charge is 0.410 e. The van der Waals surface area contributed by atoms with Gasteiger partial charge in [0.15, 0.2) is 0 Å². The highest BCUT2D eigenvalue weighted by Crippen LogP contribution is 2.30. The molecule has 0 spiro atoms. The summed E-state index contributed by atoms with van der Waals surface area (Å²) >= 11 is 1.15. The van der Waals surface area contributed by atoms with Crippen molar-refractivity contribution in [3.05, 3.63) is 28.7 Å². The SMILES string of the molecule is C=CCOC(=O)N1CC(c2ncc(C(=O)O)s2)C1. The predicted octanol–water partition coefficient (Wildman–Crippen LogP) is 1.56. The van der Waals surface area contributed by atoms with Crippen LogP contribution in [0.5, 0.6) is 0 Å². The van der Waals surface area contributed by atoms with Crippen molar-refractivity contribution < 1.29 is 19.4 Å². The van der Waals surface area contributed by atoms with E-state index in [0.29, 0.717) is 13.1 Å². The molecule has 0 saturated carbocycles. The number of nitrogens with zero attached hydrogens (tertiary/aromatic N) is 2. The fraction of sp³-hybridized carbons (Fsp3) is 0.364. The van der Waals surface area contributed by atoms with E-state index in [9.17, 15) is 9.59 Å². The molecule has 0 atom stereocenters. The number of hydrogen-bond acceptors (Lipinski definition) is 5. The summed E-state index contributed by atoms with van der Waals surface area (Å²) < 4.78 is 4.88. The molecule has 1 fully saturated rings. The third-order valence-electron chi connectivity index (χ3n) is 2.55. The lowest BCUT2D eigenvalue weighted by molar-refractivity contribution is 0.0701. The van der Waals surface area contributed by atoms with Gasteiger partial charge in [0.25, 0.3) is 0 Å². The molecule has 2 heterocycles. The molecule has 1 amide bonds. The zero-order chi connectivity index (χ0) is 13.1. The van der Waals surface area contributed by atoms with Gasteiger partial charge in [-0.25, -0.2) is 14.6 Å². The summed E-state index contributed by atoms with van der Waals surface area (Å²) in [5, 5.41) is 9.53. The Hall–Kier alpha value is -1.89. The van der Waals surface area contributed by atoms with Crippen LogP contribution < -0.4 is 0 Å². The first-order chi connectivity index (χ1) is 8.61. The van der Waals surface area contributed by atoms with E-state index in [1.807, 2.05) is 0 Å². The second kappa shape index (κ2) is 5.18. The molecule has 1 aliphatic heterocycles. The van der Waals surface area contributed by atoms with E-state index in [4.69, 9.17) is 9.84 Å². The zero-order valence-electron chi connectivity index (χ0n) is 9.54. The van der Waals surface area contributed by atoms with Crippen LogP contribution >= 0.6 is 11.3 Å². The Morgan fingerprint density at radius 1 is 1.67 bits per heavy atom. The monoisotopic (exact) mass is 268 g/mol. The van der Waals surface area contributed by atoms with Gasteiger partial charge in [0, 0.05) is 19.0 Å². The van der Waals surface area contributed by atoms with E-state index in [1.165, 1.54) is 12.3 Å². The van der Waals surface area contributed by atoms with E-state index >= 15 is 0 Å². The van der Waals surface area contributed by atoms with Crippen molar-refractivity contribution in [2.45, 2.75) is 5.92 Å². The predicted molar refractivity (Wildman–Crippen MR) is 64.9 cm³/mol. The number of hydrogen-bond donors (Lipinski definition) is 1. The largest absolute Gasteiger partial charge is 0.477 e. The van der Waals surface area contributed by atoms with Gasteiger partial charge in [0.05, 0.1) is 11.2 Å².